The summed E-state index contributed by atoms with van der Waals surface area (Å²) in [5, 5.41) is 25.6. The summed E-state index contributed by atoms with van der Waals surface area (Å²) in [6, 6.07) is 9.49. The zero-order chi connectivity index (χ0) is 16.2. The van der Waals surface area contributed by atoms with Crippen LogP contribution in [0.3, 0.4) is 0 Å². The standard InChI is InChI=1S/C17H19N3O2S/c1-22-13-5-4-12(11-18)15(17(13)21)16(14-3-2-10-23-14)20-8-6-19-7-9-20/h2-5,10,16,19,21H,6-9H2,1H3/t16-/m1/s1. The van der Waals surface area contributed by atoms with E-state index in [0.717, 1.165) is 31.1 Å². The first-order valence-electron chi connectivity index (χ1n) is 7.54. The van der Waals surface area contributed by atoms with Crippen LogP contribution in [0.4, 0.5) is 0 Å². The van der Waals surface area contributed by atoms with E-state index in [2.05, 4.69) is 22.4 Å². The van der Waals surface area contributed by atoms with Crippen molar-refractivity contribution in [2.45, 2.75) is 6.04 Å². The van der Waals surface area contributed by atoms with E-state index in [4.69, 9.17) is 4.74 Å². The van der Waals surface area contributed by atoms with E-state index in [1.165, 1.54) is 7.11 Å². The molecule has 1 aromatic carbocycles. The Balaban J connectivity index is 2.15. The number of piperazine rings is 1. The van der Waals surface area contributed by atoms with Gasteiger partial charge in [0.25, 0.3) is 0 Å². The molecule has 1 aromatic heterocycles. The predicted octanol–water partition coefficient (Wildman–Crippen LogP) is 2.33. The summed E-state index contributed by atoms with van der Waals surface area (Å²) in [5.74, 6) is 0.458. The minimum absolute atomic E-state index is 0.0588. The van der Waals surface area contributed by atoms with Crippen LogP contribution in [0.15, 0.2) is 29.6 Å². The van der Waals surface area contributed by atoms with E-state index in [1.54, 1.807) is 23.5 Å². The highest BCUT2D eigenvalue weighted by atomic mass is 32.1. The van der Waals surface area contributed by atoms with Gasteiger partial charge >= 0.3 is 0 Å². The molecule has 0 spiro atoms. The number of nitrogens with one attached hydrogen (secondary N) is 1. The van der Waals surface area contributed by atoms with Gasteiger partial charge in [0.05, 0.1) is 24.8 Å². The van der Waals surface area contributed by atoms with Crippen LogP contribution in [-0.2, 0) is 0 Å². The van der Waals surface area contributed by atoms with E-state index in [1.807, 2.05) is 11.4 Å². The number of hydrogen-bond acceptors (Lipinski definition) is 6. The van der Waals surface area contributed by atoms with Crippen molar-refractivity contribution in [3.05, 3.63) is 45.6 Å². The fourth-order valence-electron chi connectivity index (χ4n) is 3.02. The summed E-state index contributed by atoms with van der Waals surface area (Å²) in [6.45, 7) is 3.52. The molecule has 2 heterocycles. The van der Waals surface area contributed by atoms with Crippen molar-refractivity contribution in [2.75, 3.05) is 33.3 Å². The molecule has 1 fully saturated rings. The van der Waals surface area contributed by atoms with Gasteiger partial charge in [-0.15, -0.1) is 11.3 Å². The molecule has 6 heteroatoms. The molecular formula is C17H19N3O2S. The molecule has 5 nitrogen and oxygen atoms in total. The molecule has 3 rings (SSSR count). The van der Waals surface area contributed by atoms with Gasteiger partial charge in [0.15, 0.2) is 11.5 Å². The number of nitrogens with zero attached hydrogens (tertiary/aromatic N) is 2. The maximum Gasteiger partial charge on any atom is 0.164 e. The molecular weight excluding hydrogens is 310 g/mol. The smallest absolute Gasteiger partial charge is 0.164 e. The highest BCUT2D eigenvalue weighted by molar-refractivity contribution is 7.10. The minimum Gasteiger partial charge on any atom is -0.504 e. The fourth-order valence-corrected chi connectivity index (χ4v) is 3.89. The average Bonchev–Trinajstić information content (AvgIpc) is 3.11. The van der Waals surface area contributed by atoms with Crippen LogP contribution in [0.2, 0.25) is 0 Å². The third kappa shape index (κ3) is 3.04. The molecule has 0 amide bonds. The lowest BCUT2D eigenvalue weighted by molar-refractivity contribution is 0.197. The van der Waals surface area contributed by atoms with Crippen molar-refractivity contribution in [2.24, 2.45) is 0 Å². The molecule has 0 unspecified atom stereocenters. The molecule has 2 aromatic rings. The number of phenols is 1. The van der Waals surface area contributed by atoms with E-state index in [-0.39, 0.29) is 11.8 Å². The van der Waals surface area contributed by atoms with Crippen LogP contribution in [0.5, 0.6) is 11.5 Å². The Morgan fingerprint density at radius 2 is 2.13 bits per heavy atom. The zero-order valence-electron chi connectivity index (χ0n) is 13.0. The maximum atomic E-state index is 10.7. The molecule has 1 aliphatic rings. The molecule has 23 heavy (non-hydrogen) atoms. The molecule has 0 saturated carbocycles. The van der Waals surface area contributed by atoms with Crippen molar-refractivity contribution in [3.63, 3.8) is 0 Å². The van der Waals surface area contributed by atoms with Gasteiger partial charge in [-0.05, 0) is 23.6 Å². The third-order valence-corrected chi connectivity index (χ3v) is 5.05. The number of hydrogen-bond donors (Lipinski definition) is 2. The number of phenolic OH excluding ortho intramolecular Hbond substituents is 1. The van der Waals surface area contributed by atoms with Gasteiger partial charge in [-0.2, -0.15) is 5.26 Å². The molecule has 1 saturated heterocycles. The number of ether oxygens (including phenoxy) is 1. The van der Waals surface area contributed by atoms with Crippen LogP contribution in [0, 0.1) is 11.3 Å². The number of thiophene rings is 1. The number of rotatable bonds is 4. The van der Waals surface area contributed by atoms with Crippen LogP contribution in [-0.4, -0.2) is 43.3 Å². The van der Waals surface area contributed by atoms with Crippen molar-refractivity contribution in [1.82, 2.24) is 10.2 Å². The second-order valence-electron chi connectivity index (χ2n) is 5.39. The van der Waals surface area contributed by atoms with Crippen LogP contribution in [0.25, 0.3) is 0 Å². The molecule has 0 radical (unpaired) electrons. The van der Waals surface area contributed by atoms with Crippen molar-refractivity contribution < 1.29 is 9.84 Å². The number of nitriles is 1. The monoisotopic (exact) mass is 329 g/mol. The van der Waals surface area contributed by atoms with Gasteiger partial charge in [0.1, 0.15) is 0 Å². The second-order valence-corrected chi connectivity index (χ2v) is 6.37. The largest absolute Gasteiger partial charge is 0.504 e. The van der Waals surface area contributed by atoms with Crippen LogP contribution >= 0.6 is 11.3 Å². The fraction of sp³-hybridized carbons (Fsp3) is 0.353. The highest BCUT2D eigenvalue weighted by Gasteiger charge is 2.30. The number of benzene rings is 1. The second kappa shape index (κ2) is 7.01. The van der Waals surface area contributed by atoms with E-state index in [9.17, 15) is 10.4 Å². The maximum absolute atomic E-state index is 10.7. The summed E-state index contributed by atoms with van der Waals surface area (Å²) in [4.78, 5) is 3.42. The van der Waals surface area contributed by atoms with Gasteiger partial charge in [0, 0.05) is 36.6 Å². The Labute approximate surface area is 139 Å². The first-order chi connectivity index (χ1) is 11.3. The van der Waals surface area contributed by atoms with Gasteiger partial charge in [-0.25, -0.2) is 0 Å². The first kappa shape index (κ1) is 15.8. The van der Waals surface area contributed by atoms with Gasteiger partial charge in [0.2, 0.25) is 0 Å². The Kier molecular flexibility index (Phi) is 4.82. The molecule has 120 valence electrons. The number of aromatic hydroxyl groups is 1. The molecule has 2 N–H and O–H groups in total. The lowest BCUT2D eigenvalue weighted by atomic mass is 9.96. The summed E-state index contributed by atoms with van der Waals surface area (Å²) < 4.78 is 5.25. The van der Waals surface area contributed by atoms with Crippen LogP contribution in [0.1, 0.15) is 22.0 Å². The Morgan fingerprint density at radius 3 is 2.74 bits per heavy atom. The Hall–Kier alpha value is -2.07. The van der Waals surface area contributed by atoms with Crippen LogP contribution < -0.4 is 10.1 Å². The molecule has 1 atom stereocenters. The number of methoxy groups -OCH3 is 1. The SMILES string of the molecule is COc1ccc(C#N)c([C@@H](c2cccs2)N2CCNCC2)c1O. The summed E-state index contributed by atoms with van der Waals surface area (Å²) >= 11 is 1.64. The zero-order valence-corrected chi connectivity index (χ0v) is 13.8. The average molecular weight is 329 g/mol. The van der Waals surface area contributed by atoms with Crippen molar-refractivity contribution >= 4 is 11.3 Å². The predicted molar refractivity (Wildman–Crippen MR) is 90.0 cm³/mol. The van der Waals surface area contributed by atoms with Gasteiger partial charge < -0.3 is 15.2 Å². The summed E-state index contributed by atoms with van der Waals surface area (Å²) in [5.41, 5.74) is 1.12. The van der Waals surface area contributed by atoms with Gasteiger partial charge in [-0.3, -0.25) is 4.90 Å². The van der Waals surface area contributed by atoms with E-state index >= 15 is 0 Å². The van der Waals surface area contributed by atoms with Crippen molar-refractivity contribution in [1.29, 1.82) is 5.26 Å². The van der Waals surface area contributed by atoms with E-state index in [0.29, 0.717) is 16.9 Å². The molecule has 1 aliphatic heterocycles. The minimum atomic E-state index is -0.137. The Bertz CT molecular complexity index is 703. The molecule has 0 bridgehead atoms. The quantitative estimate of drug-likeness (QED) is 0.901. The molecule has 0 aliphatic carbocycles. The summed E-state index contributed by atoms with van der Waals surface area (Å²) in [7, 11) is 1.52. The van der Waals surface area contributed by atoms with Gasteiger partial charge in [-0.1, -0.05) is 6.07 Å². The lowest BCUT2D eigenvalue weighted by Crippen LogP contribution is -2.45. The lowest BCUT2D eigenvalue weighted by Gasteiger charge is -2.35. The van der Waals surface area contributed by atoms with Crippen molar-refractivity contribution in [3.8, 4) is 17.6 Å². The first-order valence-corrected chi connectivity index (χ1v) is 8.42. The highest BCUT2D eigenvalue weighted by Crippen LogP contribution is 2.42. The Morgan fingerprint density at radius 1 is 1.35 bits per heavy atom. The van der Waals surface area contributed by atoms with E-state index < -0.39 is 0 Å². The normalized spacial score (nSPS) is 16.7. The third-order valence-electron chi connectivity index (χ3n) is 4.12. The summed E-state index contributed by atoms with van der Waals surface area (Å²) in [6.07, 6.45) is 0. The topological polar surface area (TPSA) is 68.5 Å².